The lowest BCUT2D eigenvalue weighted by Gasteiger charge is -2.27. The molecule has 33 heavy (non-hydrogen) atoms. The topological polar surface area (TPSA) is 67.5 Å². The number of morpholine rings is 1. The predicted octanol–water partition coefficient (Wildman–Crippen LogP) is 4.32. The predicted molar refractivity (Wildman–Crippen MR) is 114 cm³/mol. The van der Waals surface area contributed by atoms with Crippen LogP contribution in [0.5, 0.6) is 0 Å². The van der Waals surface area contributed by atoms with Gasteiger partial charge in [0.15, 0.2) is 0 Å². The molecule has 2 saturated heterocycles. The van der Waals surface area contributed by atoms with Crippen LogP contribution in [0, 0.1) is 0 Å². The van der Waals surface area contributed by atoms with E-state index in [0.717, 1.165) is 61.6 Å². The molecule has 1 aromatic carbocycles. The Morgan fingerprint density at radius 3 is 2.58 bits per heavy atom. The molecule has 2 fully saturated rings. The Balaban J connectivity index is 1.30. The van der Waals surface area contributed by atoms with Crippen LogP contribution >= 0.6 is 0 Å². The Bertz CT molecular complexity index is 1080. The number of aromatic nitrogens is 3. The summed E-state index contributed by atoms with van der Waals surface area (Å²) in [7, 11) is 0. The van der Waals surface area contributed by atoms with Crippen molar-refractivity contribution in [1.29, 1.82) is 0 Å². The molecule has 0 aliphatic carbocycles. The summed E-state index contributed by atoms with van der Waals surface area (Å²) in [6, 6.07) is 9.06. The number of alkyl halides is 3. The minimum atomic E-state index is -4.33. The molecule has 2 aromatic heterocycles. The van der Waals surface area contributed by atoms with Crippen molar-refractivity contribution in [2.45, 2.75) is 31.6 Å². The maximum Gasteiger partial charge on any atom is 0.416 e. The summed E-state index contributed by atoms with van der Waals surface area (Å²) < 4.78 is 49.5. The second kappa shape index (κ2) is 9.11. The van der Waals surface area contributed by atoms with Gasteiger partial charge < -0.3 is 14.2 Å². The number of pyridine rings is 1. The molecule has 0 spiro atoms. The molecule has 2 aliphatic rings. The third-order valence-electron chi connectivity index (χ3n) is 6.10. The molecule has 0 bridgehead atoms. The van der Waals surface area contributed by atoms with Crippen molar-refractivity contribution < 1.29 is 22.4 Å². The summed E-state index contributed by atoms with van der Waals surface area (Å²) in [5.74, 6) is 1.88. The Labute approximate surface area is 189 Å². The van der Waals surface area contributed by atoms with Crippen LogP contribution in [-0.2, 0) is 17.5 Å². The van der Waals surface area contributed by atoms with Gasteiger partial charge in [0.25, 0.3) is 0 Å². The molecule has 7 nitrogen and oxygen atoms in total. The lowest BCUT2D eigenvalue weighted by Crippen LogP contribution is -2.36. The summed E-state index contributed by atoms with van der Waals surface area (Å²) in [6.45, 7) is 4.27. The number of ether oxygens (including phenoxy) is 1. The summed E-state index contributed by atoms with van der Waals surface area (Å²) >= 11 is 0. The Morgan fingerprint density at radius 1 is 1.03 bits per heavy atom. The largest absolute Gasteiger partial charge is 0.416 e. The molecule has 4 heterocycles. The van der Waals surface area contributed by atoms with Gasteiger partial charge in [0.1, 0.15) is 5.82 Å². The number of hydrogen-bond acceptors (Lipinski definition) is 7. The van der Waals surface area contributed by atoms with Crippen molar-refractivity contribution in [1.82, 2.24) is 20.0 Å². The zero-order valence-electron chi connectivity index (χ0n) is 18.0. The maximum absolute atomic E-state index is 12.8. The fourth-order valence-corrected chi connectivity index (χ4v) is 4.34. The second-order valence-corrected chi connectivity index (χ2v) is 8.28. The average Bonchev–Trinajstić information content (AvgIpc) is 3.49. The lowest BCUT2D eigenvalue weighted by molar-refractivity contribution is -0.137. The summed E-state index contributed by atoms with van der Waals surface area (Å²) in [4.78, 5) is 13.4. The molecule has 10 heteroatoms. The van der Waals surface area contributed by atoms with E-state index in [1.807, 2.05) is 12.1 Å². The van der Waals surface area contributed by atoms with Crippen molar-refractivity contribution in [3.63, 3.8) is 0 Å². The second-order valence-electron chi connectivity index (χ2n) is 8.28. The highest BCUT2D eigenvalue weighted by molar-refractivity contribution is 5.59. The van der Waals surface area contributed by atoms with Gasteiger partial charge in [-0.25, -0.2) is 4.98 Å². The van der Waals surface area contributed by atoms with Crippen molar-refractivity contribution in [3.05, 3.63) is 59.6 Å². The van der Waals surface area contributed by atoms with Crippen LogP contribution in [0.4, 0.5) is 19.0 Å². The van der Waals surface area contributed by atoms with E-state index in [2.05, 4.69) is 24.9 Å². The number of rotatable bonds is 5. The van der Waals surface area contributed by atoms with E-state index in [-0.39, 0.29) is 6.04 Å². The molecular weight excluding hydrogens is 435 g/mol. The zero-order chi connectivity index (χ0) is 22.8. The van der Waals surface area contributed by atoms with Gasteiger partial charge in [0.2, 0.25) is 11.7 Å². The average molecular weight is 459 g/mol. The number of halogens is 3. The molecule has 5 rings (SSSR count). The van der Waals surface area contributed by atoms with Crippen LogP contribution in [0.1, 0.15) is 35.9 Å². The minimum Gasteiger partial charge on any atom is -0.378 e. The minimum absolute atomic E-state index is 0.0610. The standard InChI is InChI=1S/C23H24F3N5O2/c24-23(25,26)18-5-3-16(4-6-18)15-31-9-1-2-19(31)22-28-21(29-33-22)17-7-8-27-20(14-17)30-10-12-32-13-11-30/h3-8,14,19H,1-2,9-13,15H2/t19-/m0/s1. The molecule has 0 radical (unpaired) electrons. The third-order valence-corrected chi connectivity index (χ3v) is 6.10. The molecule has 0 saturated carbocycles. The van der Waals surface area contributed by atoms with Crippen LogP contribution in [0.25, 0.3) is 11.4 Å². The molecule has 174 valence electrons. The van der Waals surface area contributed by atoms with E-state index in [1.54, 1.807) is 6.20 Å². The van der Waals surface area contributed by atoms with Crippen LogP contribution in [0.2, 0.25) is 0 Å². The highest BCUT2D eigenvalue weighted by Gasteiger charge is 2.32. The molecule has 3 aromatic rings. The SMILES string of the molecule is FC(F)(F)c1ccc(CN2CCC[C@H]2c2nc(-c3ccnc(N4CCOCC4)c3)no2)cc1. The highest BCUT2D eigenvalue weighted by Crippen LogP contribution is 2.34. The van der Waals surface area contributed by atoms with Crippen LogP contribution in [0.3, 0.4) is 0 Å². The van der Waals surface area contributed by atoms with Crippen molar-refractivity contribution >= 4 is 5.82 Å². The molecule has 0 N–H and O–H groups in total. The van der Waals surface area contributed by atoms with Crippen molar-refractivity contribution in [2.24, 2.45) is 0 Å². The van der Waals surface area contributed by atoms with Crippen molar-refractivity contribution in [3.8, 4) is 11.4 Å². The fraction of sp³-hybridized carbons (Fsp3) is 0.435. The number of likely N-dealkylation sites (tertiary alicyclic amines) is 1. The lowest BCUT2D eigenvalue weighted by atomic mass is 10.1. The number of hydrogen-bond donors (Lipinski definition) is 0. The molecule has 1 atom stereocenters. The van der Waals surface area contributed by atoms with Gasteiger partial charge in [0.05, 0.1) is 24.8 Å². The van der Waals surface area contributed by atoms with E-state index < -0.39 is 11.7 Å². The van der Waals surface area contributed by atoms with E-state index in [1.165, 1.54) is 12.1 Å². The number of nitrogens with zero attached hydrogens (tertiary/aromatic N) is 5. The van der Waals surface area contributed by atoms with Crippen LogP contribution in [-0.4, -0.2) is 52.9 Å². The van der Waals surface area contributed by atoms with Gasteiger partial charge in [-0.3, -0.25) is 4.90 Å². The van der Waals surface area contributed by atoms with Gasteiger partial charge in [-0.1, -0.05) is 17.3 Å². The first-order valence-electron chi connectivity index (χ1n) is 11.0. The van der Waals surface area contributed by atoms with Gasteiger partial charge in [-0.2, -0.15) is 18.2 Å². The fourth-order valence-electron chi connectivity index (χ4n) is 4.34. The maximum atomic E-state index is 12.8. The third kappa shape index (κ3) is 4.86. The first-order chi connectivity index (χ1) is 16.0. The highest BCUT2D eigenvalue weighted by atomic mass is 19.4. The quantitative estimate of drug-likeness (QED) is 0.563. The van der Waals surface area contributed by atoms with Gasteiger partial charge in [-0.05, 0) is 49.2 Å². The Kier molecular flexibility index (Phi) is 6.03. The van der Waals surface area contributed by atoms with E-state index >= 15 is 0 Å². The van der Waals surface area contributed by atoms with Crippen LogP contribution in [0.15, 0.2) is 47.1 Å². The van der Waals surface area contributed by atoms with Crippen LogP contribution < -0.4 is 4.90 Å². The molecule has 0 unspecified atom stereocenters. The first-order valence-corrected chi connectivity index (χ1v) is 11.0. The van der Waals surface area contributed by atoms with E-state index in [4.69, 9.17) is 9.26 Å². The first kappa shape index (κ1) is 21.8. The van der Waals surface area contributed by atoms with Crippen molar-refractivity contribution in [2.75, 3.05) is 37.7 Å². The van der Waals surface area contributed by atoms with E-state index in [9.17, 15) is 13.2 Å². The smallest absolute Gasteiger partial charge is 0.378 e. The van der Waals surface area contributed by atoms with Gasteiger partial charge in [-0.15, -0.1) is 0 Å². The zero-order valence-corrected chi connectivity index (χ0v) is 18.0. The summed E-state index contributed by atoms with van der Waals surface area (Å²) in [5, 5.41) is 4.19. The number of benzene rings is 1. The van der Waals surface area contributed by atoms with Gasteiger partial charge in [0, 0.05) is 31.4 Å². The Hall–Kier alpha value is -2.98. The summed E-state index contributed by atoms with van der Waals surface area (Å²) in [6.07, 6.45) is -0.775. The molecular formula is C23H24F3N5O2. The Morgan fingerprint density at radius 2 is 1.82 bits per heavy atom. The molecule has 0 amide bonds. The molecule has 2 aliphatic heterocycles. The monoisotopic (exact) mass is 459 g/mol. The summed E-state index contributed by atoms with van der Waals surface area (Å²) in [5.41, 5.74) is 1.01. The normalized spacial score (nSPS) is 19.8. The van der Waals surface area contributed by atoms with Gasteiger partial charge >= 0.3 is 6.18 Å². The van der Waals surface area contributed by atoms with E-state index in [0.29, 0.717) is 31.5 Å². The number of anilines is 1.